The van der Waals surface area contributed by atoms with E-state index < -0.39 is 0 Å². The van der Waals surface area contributed by atoms with Crippen molar-refractivity contribution in [3.05, 3.63) is 47.9 Å². The molecule has 0 radical (unpaired) electrons. The van der Waals surface area contributed by atoms with Crippen molar-refractivity contribution in [2.24, 2.45) is 0 Å². The summed E-state index contributed by atoms with van der Waals surface area (Å²) < 4.78 is 1.26. The highest BCUT2D eigenvalue weighted by Crippen LogP contribution is 2.32. The van der Waals surface area contributed by atoms with Gasteiger partial charge in [0.15, 0.2) is 0 Å². The van der Waals surface area contributed by atoms with E-state index in [1.54, 1.807) is 17.5 Å². The normalized spacial score (nSPS) is 10.8. The predicted molar refractivity (Wildman–Crippen MR) is 67.9 cm³/mol. The van der Waals surface area contributed by atoms with E-state index in [1.165, 1.54) is 10.1 Å². The minimum atomic E-state index is 0.287. The number of fused-ring (bicyclic) bond motifs is 1. The number of halogens is 1. The molecule has 78 valence electrons. The summed E-state index contributed by atoms with van der Waals surface area (Å²) in [5.74, 6) is 0. The van der Waals surface area contributed by atoms with Crippen LogP contribution in [0.2, 0.25) is 5.28 Å². The molecule has 3 rings (SSSR count). The molecule has 0 fully saturated rings. The van der Waals surface area contributed by atoms with Crippen LogP contribution in [0.15, 0.2) is 42.6 Å². The van der Waals surface area contributed by atoms with Gasteiger partial charge in [0.2, 0.25) is 5.28 Å². The van der Waals surface area contributed by atoms with Gasteiger partial charge in [0, 0.05) is 10.9 Å². The fraction of sp³-hybridized carbons (Fsp3) is 0. The van der Waals surface area contributed by atoms with Gasteiger partial charge in [-0.05, 0) is 35.2 Å². The average Bonchev–Trinajstić information content (AvgIpc) is 2.72. The van der Waals surface area contributed by atoms with E-state index in [2.05, 4.69) is 28.2 Å². The van der Waals surface area contributed by atoms with E-state index >= 15 is 0 Å². The second-order valence-electron chi connectivity index (χ2n) is 3.36. The van der Waals surface area contributed by atoms with E-state index in [1.807, 2.05) is 18.2 Å². The summed E-state index contributed by atoms with van der Waals surface area (Å²) in [5, 5.41) is 1.52. The first-order valence-electron chi connectivity index (χ1n) is 4.80. The quantitative estimate of drug-likeness (QED) is 0.607. The lowest BCUT2D eigenvalue weighted by Gasteiger charge is -1.94. The van der Waals surface area contributed by atoms with Gasteiger partial charge in [-0.1, -0.05) is 18.2 Å². The second-order valence-corrected chi connectivity index (χ2v) is 4.78. The largest absolute Gasteiger partial charge is 0.226 e. The highest BCUT2D eigenvalue weighted by Gasteiger charge is 2.05. The Morgan fingerprint density at radius 2 is 2.00 bits per heavy atom. The van der Waals surface area contributed by atoms with Crippen LogP contribution in [-0.2, 0) is 0 Å². The van der Waals surface area contributed by atoms with Gasteiger partial charge in [-0.3, -0.25) is 0 Å². The van der Waals surface area contributed by atoms with Crippen LogP contribution < -0.4 is 0 Å². The van der Waals surface area contributed by atoms with Gasteiger partial charge in [-0.15, -0.1) is 11.3 Å². The van der Waals surface area contributed by atoms with Gasteiger partial charge in [-0.2, -0.15) is 0 Å². The highest BCUT2D eigenvalue weighted by molar-refractivity contribution is 7.22. The molecule has 2 heterocycles. The zero-order valence-electron chi connectivity index (χ0n) is 8.22. The molecule has 0 saturated carbocycles. The molecule has 0 unspecified atom stereocenters. The van der Waals surface area contributed by atoms with E-state index in [9.17, 15) is 0 Å². The monoisotopic (exact) mass is 246 g/mol. The van der Waals surface area contributed by atoms with E-state index in [-0.39, 0.29) is 5.28 Å². The van der Waals surface area contributed by atoms with Crippen LogP contribution in [0.25, 0.3) is 20.7 Å². The van der Waals surface area contributed by atoms with E-state index in [0.717, 1.165) is 10.6 Å². The minimum Gasteiger partial charge on any atom is -0.226 e. The van der Waals surface area contributed by atoms with Crippen molar-refractivity contribution in [1.29, 1.82) is 0 Å². The summed E-state index contributed by atoms with van der Waals surface area (Å²) in [7, 11) is 0. The van der Waals surface area contributed by atoms with Crippen molar-refractivity contribution in [1.82, 2.24) is 9.97 Å². The zero-order chi connectivity index (χ0) is 11.0. The molecule has 2 nitrogen and oxygen atoms in total. The molecule has 0 aliphatic heterocycles. The summed E-state index contributed by atoms with van der Waals surface area (Å²) in [6.45, 7) is 0. The molecular weight excluding hydrogens is 240 g/mol. The number of hydrogen-bond donors (Lipinski definition) is 0. The van der Waals surface area contributed by atoms with E-state index in [0.29, 0.717) is 0 Å². The molecule has 16 heavy (non-hydrogen) atoms. The molecule has 0 saturated heterocycles. The SMILES string of the molecule is Clc1nccc(-c2cc3ccccc3s2)n1. The molecule has 3 aromatic rings. The number of benzene rings is 1. The van der Waals surface area contributed by atoms with Crippen molar-refractivity contribution >= 4 is 33.0 Å². The summed E-state index contributed by atoms with van der Waals surface area (Å²) in [6, 6.07) is 12.3. The Balaban J connectivity index is 2.19. The Kier molecular flexibility index (Phi) is 2.35. The Hall–Kier alpha value is -1.45. The topological polar surface area (TPSA) is 25.8 Å². The van der Waals surface area contributed by atoms with E-state index in [4.69, 9.17) is 11.6 Å². The number of hydrogen-bond acceptors (Lipinski definition) is 3. The van der Waals surface area contributed by atoms with Crippen LogP contribution in [0.1, 0.15) is 0 Å². The third-order valence-corrected chi connectivity index (χ3v) is 3.62. The molecule has 0 bridgehead atoms. The van der Waals surface area contributed by atoms with Gasteiger partial charge in [0.1, 0.15) is 0 Å². The summed E-state index contributed by atoms with van der Waals surface area (Å²) in [5.41, 5.74) is 0.876. The van der Waals surface area contributed by atoms with Crippen LogP contribution in [-0.4, -0.2) is 9.97 Å². The summed E-state index contributed by atoms with van der Waals surface area (Å²) in [4.78, 5) is 9.20. The van der Waals surface area contributed by atoms with Gasteiger partial charge < -0.3 is 0 Å². The Morgan fingerprint density at radius 1 is 1.12 bits per heavy atom. The number of nitrogens with zero attached hydrogens (tertiary/aromatic N) is 2. The Labute approximate surface area is 102 Å². The van der Waals surface area contributed by atoms with Gasteiger partial charge in [0.05, 0.1) is 10.6 Å². The van der Waals surface area contributed by atoms with Crippen molar-refractivity contribution < 1.29 is 0 Å². The van der Waals surface area contributed by atoms with Crippen molar-refractivity contribution in [2.75, 3.05) is 0 Å². The average molecular weight is 247 g/mol. The first-order chi connectivity index (χ1) is 7.83. The molecule has 0 amide bonds. The van der Waals surface area contributed by atoms with Crippen LogP contribution in [0.3, 0.4) is 0 Å². The summed E-state index contributed by atoms with van der Waals surface area (Å²) >= 11 is 7.49. The third kappa shape index (κ3) is 1.68. The zero-order valence-corrected chi connectivity index (χ0v) is 9.79. The first-order valence-corrected chi connectivity index (χ1v) is 6.00. The summed E-state index contributed by atoms with van der Waals surface area (Å²) in [6.07, 6.45) is 1.68. The van der Waals surface area contributed by atoms with Crippen LogP contribution >= 0.6 is 22.9 Å². The fourth-order valence-electron chi connectivity index (χ4n) is 1.58. The maximum atomic E-state index is 5.78. The molecule has 0 N–H and O–H groups in total. The molecule has 2 aromatic heterocycles. The number of thiophene rings is 1. The molecule has 4 heteroatoms. The van der Waals surface area contributed by atoms with Gasteiger partial charge >= 0.3 is 0 Å². The fourth-order valence-corrected chi connectivity index (χ4v) is 2.76. The highest BCUT2D eigenvalue weighted by atomic mass is 35.5. The molecule has 0 aliphatic rings. The van der Waals surface area contributed by atoms with Crippen LogP contribution in [0.5, 0.6) is 0 Å². The lowest BCUT2D eigenvalue weighted by molar-refractivity contribution is 1.18. The van der Waals surface area contributed by atoms with Crippen molar-refractivity contribution in [3.63, 3.8) is 0 Å². The lowest BCUT2D eigenvalue weighted by atomic mass is 10.2. The minimum absolute atomic E-state index is 0.287. The molecule has 0 spiro atoms. The van der Waals surface area contributed by atoms with Crippen LogP contribution in [0, 0.1) is 0 Å². The molecule has 0 atom stereocenters. The Morgan fingerprint density at radius 3 is 2.81 bits per heavy atom. The standard InChI is InChI=1S/C12H7ClN2S/c13-12-14-6-5-9(15-12)11-7-8-3-1-2-4-10(8)16-11/h1-7H. The van der Waals surface area contributed by atoms with Crippen molar-refractivity contribution in [3.8, 4) is 10.6 Å². The van der Waals surface area contributed by atoms with Crippen LogP contribution in [0.4, 0.5) is 0 Å². The predicted octanol–water partition coefficient (Wildman–Crippen LogP) is 4.01. The molecule has 1 aromatic carbocycles. The van der Waals surface area contributed by atoms with Gasteiger partial charge in [0.25, 0.3) is 0 Å². The lowest BCUT2D eigenvalue weighted by Crippen LogP contribution is -1.83. The Bertz CT molecular complexity index is 615. The smallest absolute Gasteiger partial charge is 0.222 e. The maximum absolute atomic E-state index is 5.78. The number of rotatable bonds is 1. The molecular formula is C12H7ClN2S. The number of aromatic nitrogens is 2. The van der Waals surface area contributed by atoms with Crippen molar-refractivity contribution in [2.45, 2.75) is 0 Å². The second kappa shape index (κ2) is 3.85. The first kappa shape index (κ1) is 9.75. The third-order valence-electron chi connectivity index (χ3n) is 2.30. The maximum Gasteiger partial charge on any atom is 0.222 e. The molecule has 0 aliphatic carbocycles. The van der Waals surface area contributed by atoms with Gasteiger partial charge in [-0.25, -0.2) is 9.97 Å².